The van der Waals surface area contributed by atoms with Gasteiger partial charge in [-0.05, 0) is 61.8 Å². The van der Waals surface area contributed by atoms with Gasteiger partial charge in [-0.25, -0.2) is 0 Å². The minimum absolute atomic E-state index is 0.794. The van der Waals surface area contributed by atoms with Gasteiger partial charge in [0, 0.05) is 31.4 Å². The van der Waals surface area contributed by atoms with E-state index < -0.39 is 0 Å². The Morgan fingerprint density at radius 2 is 2.10 bits per heavy atom. The number of aryl methyl sites for hydroxylation is 1. The first-order chi connectivity index (χ1) is 9.76. The highest BCUT2D eigenvalue weighted by Crippen LogP contribution is 2.28. The summed E-state index contributed by atoms with van der Waals surface area (Å²) < 4.78 is 0. The van der Waals surface area contributed by atoms with E-state index in [9.17, 15) is 0 Å². The Morgan fingerprint density at radius 1 is 1.25 bits per heavy atom. The average molecular weight is 272 g/mol. The van der Waals surface area contributed by atoms with Crippen molar-refractivity contribution in [2.75, 3.05) is 18.0 Å². The van der Waals surface area contributed by atoms with E-state index >= 15 is 0 Å². The van der Waals surface area contributed by atoms with Crippen LogP contribution in [0, 0.1) is 12.8 Å². The second-order valence-corrected chi connectivity index (χ2v) is 6.66. The second kappa shape index (κ2) is 6.17. The molecule has 1 aromatic rings. The summed E-state index contributed by atoms with van der Waals surface area (Å²) in [6, 6.07) is 7.83. The molecule has 0 spiro atoms. The van der Waals surface area contributed by atoms with E-state index in [1.165, 1.54) is 62.0 Å². The van der Waals surface area contributed by atoms with Crippen LogP contribution in [0.25, 0.3) is 0 Å². The van der Waals surface area contributed by atoms with Crippen molar-refractivity contribution in [3.63, 3.8) is 0 Å². The maximum Gasteiger partial charge on any atom is 0.0369 e. The normalized spacial score (nSPS) is 22.5. The number of benzene rings is 1. The molecule has 1 atom stereocenters. The van der Waals surface area contributed by atoms with Crippen LogP contribution in [0.2, 0.25) is 0 Å². The fourth-order valence-electron chi connectivity index (χ4n) is 3.33. The molecule has 2 heteroatoms. The van der Waals surface area contributed by atoms with Gasteiger partial charge in [-0.3, -0.25) is 0 Å². The average Bonchev–Trinajstić information content (AvgIpc) is 3.16. The Hall–Kier alpha value is -1.02. The van der Waals surface area contributed by atoms with Crippen molar-refractivity contribution in [1.29, 1.82) is 0 Å². The Kier molecular flexibility index (Phi) is 4.30. The zero-order valence-corrected chi connectivity index (χ0v) is 13.0. The third-order valence-corrected chi connectivity index (χ3v) is 4.83. The van der Waals surface area contributed by atoms with E-state index in [4.69, 9.17) is 0 Å². The molecular weight excluding hydrogens is 244 g/mol. The summed E-state index contributed by atoms with van der Waals surface area (Å²) in [5.74, 6) is 0.913. The van der Waals surface area contributed by atoms with Crippen LogP contribution >= 0.6 is 0 Å². The number of nitrogens with zero attached hydrogens (tertiary/aromatic N) is 1. The molecular formula is C18H28N2. The molecule has 1 aliphatic heterocycles. The molecule has 2 aliphatic rings. The van der Waals surface area contributed by atoms with Crippen molar-refractivity contribution in [1.82, 2.24) is 5.32 Å². The third-order valence-electron chi connectivity index (χ3n) is 4.83. The lowest BCUT2D eigenvalue weighted by Crippen LogP contribution is -2.20. The summed E-state index contributed by atoms with van der Waals surface area (Å²) in [4.78, 5) is 2.57. The molecule has 1 saturated carbocycles. The lowest BCUT2D eigenvalue weighted by atomic mass is 10.0. The van der Waals surface area contributed by atoms with Crippen LogP contribution in [-0.2, 0) is 6.54 Å². The van der Waals surface area contributed by atoms with Gasteiger partial charge in [-0.15, -0.1) is 0 Å². The molecule has 0 bridgehead atoms. The van der Waals surface area contributed by atoms with Crippen molar-refractivity contribution in [3.8, 4) is 0 Å². The molecule has 1 aliphatic carbocycles. The highest BCUT2D eigenvalue weighted by molar-refractivity contribution is 5.51. The molecule has 0 amide bonds. The summed E-state index contributed by atoms with van der Waals surface area (Å²) >= 11 is 0. The minimum Gasteiger partial charge on any atom is -0.371 e. The lowest BCUT2D eigenvalue weighted by Gasteiger charge is -2.20. The highest BCUT2D eigenvalue weighted by atomic mass is 15.1. The Morgan fingerprint density at radius 3 is 2.80 bits per heavy atom. The standard InChI is InChI=1S/C18H28N2/c1-3-4-15-9-10-20(13-15)18-8-5-16(14(2)11-18)12-19-17-6-7-17/h5,8,11,15,17,19H,3-4,6-7,9-10,12-13H2,1-2H3. The summed E-state index contributed by atoms with van der Waals surface area (Å²) in [6.07, 6.45) is 6.81. The van der Waals surface area contributed by atoms with E-state index in [0.717, 1.165) is 18.5 Å². The molecule has 3 rings (SSSR count). The van der Waals surface area contributed by atoms with Gasteiger partial charge in [0.05, 0.1) is 0 Å². The smallest absolute Gasteiger partial charge is 0.0369 e. The molecule has 1 saturated heterocycles. The van der Waals surface area contributed by atoms with Crippen LogP contribution in [0.5, 0.6) is 0 Å². The largest absolute Gasteiger partial charge is 0.371 e. The molecule has 0 radical (unpaired) electrons. The van der Waals surface area contributed by atoms with Gasteiger partial charge in [0.2, 0.25) is 0 Å². The maximum atomic E-state index is 3.61. The van der Waals surface area contributed by atoms with Crippen molar-refractivity contribution in [3.05, 3.63) is 29.3 Å². The molecule has 110 valence electrons. The molecule has 20 heavy (non-hydrogen) atoms. The molecule has 1 N–H and O–H groups in total. The number of rotatable bonds is 6. The monoisotopic (exact) mass is 272 g/mol. The van der Waals surface area contributed by atoms with E-state index in [0.29, 0.717) is 0 Å². The molecule has 1 aromatic carbocycles. The van der Waals surface area contributed by atoms with Crippen molar-refractivity contribution in [2.45, 2.75) is 58.5 Å². The van der Waals surface area contributed by atoms with Gasteiger partial charge in [0.1, 0.15) is 0 Å². The van der Waals surface area contributed by atoms with E-state index in [2.05, 4.69) is 42.3 Å². The molecule has 0 aromatic heterocycles. The number of hydrogen-bond donors (Lipinski definition) is 1. The van der Waals surface area contributed by atoms with Crippen molar-refractivity contribution < 1.29 is 0 Å². The van der Waals surface area contributed by atoms with Crippen LogP contribution in [0.4, 0.5) is 5.69 Å². The summed E-state index contributed by atoms with van der Waals surface area (Å²) in [5, 5.41) is 3.61. The predicted octanol–water partition coefficient (Wildman–Crippen LogP) is 3.87. The lowest BCUT2D eigenvalue weighted by molar-refractivity contribution is 0.530. The van der Waals surface area contributed by atoms with Crippen molar-refractivity contribution in [2.24, 2.45) is 5.92 Å². The van der Waals surface area contributed by atoms with E-state index in [-0.39, 0.29) is 0 Å². The van der Waals surface area contributed by atoms with Gasteiger partial charge in [-0.1, -0.05) is 19.4 Å². The summed E-state index contributed by atoms with van der Waals surface area (Å²) in [7, 11) is 0. The van der Waals surface area contributed by atoms with Gasteiger partial charge in [0.25, 0.3) is 0 Å². The zero-order valence-electron chi connectivity index (χ0n) is 13.0. The second-order valence-electron chi connectivity index (χ2n) is 6.66. The first-order valence-electron chi connectivity index (χ1n) is 8.34. The van der Waals surface area contributed by atoms with Gasteiger partial charge in [-0.2, -0.15) is 0 Å². The Labute approximate surface area is 123 Å². The summed E-state index contributed by atoms with van der Waals surface area (Å²) in [5.41, 5.74) is 4.33. The minimum atomic E-state index is 0.794. The summed E-state index contributed by atoms with van der Waals surface area (Å²) in [6.45, 7) is 8.09. The topological polar surface area (TPSA) is 15.3 Å². The quantitative estimate of drug-likeness (QED) is 0.845. The highest BCUT2D eigenvalue weighted by Gasteiger charge is 2.23. The fraction of sp³-hybridized carbons (Fsp3) is 0.667. The molecule has 1 heterocycles. The van der Waals surface area contributed by atoms with Gasteiger partial charge < -0.3 is 10.2 Å². The molecule has 2 nitrogen and oxygen atoms in total. The Balaban J connectivity index is 1.61. The first kappa shape index (κ1) is 13.9. The van der Waals surface area contributed by atoms with Crippen LogP contribution in [0.1, 0.15) is 50.2 Å². The number of nitrogens with one attached hydrogen (secondary N) is 1. The SMILES string of the molecule is CCCC1CCN(c2ccc(CNC3CC3)c(C)c2)C1. The predicted molar refractivity (Wildman–Crippen MR) is 86.3 cm³/mol. The van der Waals surface area contributed by atoms with Gasteiger partial charge in [0.15, 0.2) is 0 Å². The number of anilines is 1. The fourth-order valence-corrected chi connectivity index (χ4v) is 3.33. The van der Waals surface area contributed by atoms with Crippen LogP contribution in [0.3, 0.4) is 0 Å². The van der Waals surface area contributed by atoms with Crippen LogP contribution in [0.15, 0.2) is 18.2 Å². The third kappa shape index (κ3) is 3.35. The molecule has 2 fully saturated rings. The van der Waals surface area contributed by atoms with Crippen LogP contribution in [-0.4, -0.2) is 19.1 Å². The van der Waals surface area contributed by atoms with E-state index in [1.54, 1.807) is 0 Å². The van der Waals surface area contributed by atoms with Gasteiger partial charge >= 0.3 is 0 Å². The van der Waals surface area contributed by atoms with E-state index in [1.807, 2.05) is 0 Å². The first-order valence-corrected chi connectivity index (χ1v) is 8.34. The van der Waals surface area contributed by atoms with Crippen molar-refractivity contribution >= 4 is 5.69 Å². The zero-order chi connectivity index (χ0) is 13.9. The Bertz CT molecular complexity index is 451. The number of hydrogen-bond acceptors (Lipinski definition) is 2. The maximum absolute atomic E-state index is 3.61. The van der Waals surface area contributed by atoms with Crippen LogP contribution < -0.4 is 10.2 Å². The molecule has 1 unspecified atom stereocenters.